The summed E-state index contributed by atoms with van der Waals surface area (Å²) in [5.74, 6) is 0.00130. The summed E-state index contributed by atoms with van der Waals surface area (Å²) < 4.78 is 17.0. The Kier molecular flexibility index (Phi) is 1.46. The zero-order valence-corrected chi connectivity index (χ0v) is 6.12. The predicted octanol–water partition coefficient (Wildman–Crippen LogP) is 2.00. The third-order valence-electron chi connectivity index (χ3n) is 1.67. The second-order valence-electron chi connectivity index (χ2n) is 2.41. The molecule has 0 unspecified atom stereocenters. The summed E-state index contributed by atoms with van der Waals surface area (Å²) in [5.41, 5.74) is 0.547. The van der Waals surface area contributed by atoms with Crippen LogP contribution in [0.25, 0.3) is 11.0 Å². The molecule has 1 N–H and O–H groups in total. The second-order valence-corrected chi connectivity index (χ2v) is 2.41. The van der Waals surface area contributed by atoms with Gasteiger partial charge in [-0.25, -0.2) is 4.39 Å². The zero-order valence-electron chi connectivity index (χ0n) is 6.12. The number of hydrogen-bond acceptors (Lipinski definition) is 3. The Labute approximate surface area is 67.4 Å². The number of alkyl halides is 1. The van der Waals surface area contributed by atoms with Crippen LogP contribution in [0.15, 0.2) is 22.7 Å². The quantitative estimate of drug-likeness (QED) is 0.706. The maximum atomic E-state index is 12.2. The normalized spacial score (nSPS) is 10.8. The van der Waals surface area contributed by atoms with Gasteiger partial charge in [0.25, 0.3) is 0 Å². The molecule has 2 aromatic rings. The van der Waals surface area contributed by atoms with Crippen LogP contribution in [0.2, 0.25) is 0 Å². The Balaban J connectivity index is 2.83. The molecular formula is C8H6FNO2. The molecule has 0 radical (unpaired) electrons. The molecule has 4 heteroatoms. The first kappa shape index (κ1) is 7.09. The lowest BCUT2D eigenvalue weighted by molar-refractivity contribution is 0.409. The fraction of sp³-hybridized carbons (Fsp3) is 0.125. The van der Waals surface area contributed by atoms with Crippen LogP contribution in [0.4, 0.5) is 4.39 Å². The van der Waals surface area contributed by atoms with Crippen LogP contribution < -0.4 is 0 Å². The highest BCUT2D eigenvalue weighted by molar-refractivity contribution is 5.85. The van der Waals surface area contributed by atoms with Gasteiger partial charge in [-0.1, -0.05) is 11.2 Å². The van der Waals surface area contributed by atoms with Crippen molar-refractivity contribution in [1.82, 2.24) is 5.16 Å². The number of phenolic OH excluding ortho intramolecular Hbond substituents is 1. The Morgan fingerprint density at radius 2 is 2.33 bits per heavy atom. The number of phenols is 1. The largest absolute Gasteiger partial charge is 0.507 e. The lowest BCUT2D eigenvalue weighted by Crippen LogP contribution is -1.77. The molecule has 12 heavy (non-hydrogen) atoms. The highest BCUT2D eigenvalue weighted by Gasteiger charge is 2.10. The van der Waals surface area contributed by atoms with Gasteiger partial charge in [0, 0.05) is 0 Å². The summed E-state index contributed by atoms with van der Waals surface area (Å²) in [6.45, 7) is -0.732. The van der Waals surface area contributed by atoms with E-state index in [1.807, 2.05) is 0 Å². The molecule has 1 aromatic heterocycles. The third-order valence-corrected chi connectivity index (χ3v) is 1.67. The lowest BCUT2D eigenvalue weighted by Gasteiger charge is -1.91. The molecule has 1 aromatic carbocycles. The molecule has 0 spiro atoms. The van der Waals surface area contributed by atoms with Crippen molar-refractivity contribution < 1.29 is 14.0 Å². The molecule has 0 bridgehead atoms. The van der Waals surface area contributed by atoms with Gasteiger partial charge < -0.3 is 9.63 Å². The monoisotopic (exact) mass is 167 g/mol. The minimum atomic E-state index is -0.732. The predicted molar refractivity (Wildman–Crippen MR) is 40.5 cm³/mol. The van der Waals surface area contributed by atoms with Gasteiger partial charge in [-0.2, -0.15) is 0 Å². The van der Waals surface area contributed by atoms with Gasteiger partial charge in [0.05, 0.1) is 5.39 Å². The SMILES string of the molecule is Oc1cccc2onc(CF)c12. The number of fused-ring (bicyclic) bond motifs is 1. The highest BCUT2D eigenvalue weighted by atomic mass is 19.1. The summed E-state index contributed by atoms with van der Waals surface area (Å²) >= 11 is 0. The van der Waals surface area contributed by atoms with Gasteiger partial charge in [-0.05, 0) is 12.1 Å². The van der Waals surface area contributed by atoms with Crippen LogP contribution in [0.3, 0.4) is 0 Å². The number of benzene rings is 1. The first-order valence-electron chi connectivity index (χ1n) is 3.45. The van der Waals surface area contributed by atoms with E-state index in [1.54, 1.807) is 12.1 Å². The number of rotatable bonds is 1. The van der Waals surface area contributed by atoms with E-state index in [0.29, 0.717) is 11.0 Å². The van der Waals surface area contributed by atoms with E-state index in [1.165, 1.54) is 6.07 Å². The van der Waals surface area contributed by atoms with Crippen LogP contribution >= 0.6 is 0 Å². The molecule has 0 aliphatic rings. The summed E-state index contributed by atoms with van der Waals surface area (Å²) in [4.78, 5) is 0. The molecule has 0 amide bonds. The first-order valence-corrected chi connectivity index (χ1v) is 3.45. The van der Waals surface area contributed by atoms with Gasteiger partial charge >= 0.3 is 0 Å². The fourth-order valence-electron chi connectivity index (χ4n) is 1.13. The molecule has 0 aliphatic carbocycles. The molecule has 0 fully saturated rings. The van der Waals surface area contributed by atoms with Crippen molar-refractivity contribution in [2.24, 2.45) is 0 Å². The Morgan fingerprint density at radius 1 is 1.50 bits per heavy atom. The van der Waals surface area contributed by atoms with E-state index in [0.717, 1.165) is 0 Å². The number of nitrogens with zero attached hydrogens (tertiary/aromatic N) is 1. The van der Waals surface area contributed by atoms with Crippen molar-refractivity contribution in [2.45, 2.75) is 6.67 Å². The Bertz CT molecular complexity index is 410. The zero-order chi connectivity index (χ0) is 8.55. The molecule has 0 saturated carbocycles. The van der Waals surface area contributed by atoms with E-state index in [-0.39, 0.29) is 11.4 Å². The number of aromatic hydroxyl groups is 1. The average molecular weight is 167 g/mol. The molecule has 0 aliphatic heterocycles. The number of hydrogen-bond donors (Lipinski definition) is 1. The fourth-order valence-corrected chi connectivity index (χ4v) is 1.13. The Morgan fingerprint density at radius 3 is 3.08 bits per heavy atom. The van der Waals surface area contributed by atoms with Crippen LogP contribution in [0.1, 0.15) is 5.69 Å². The summed E-state index contributed by atoms with van der Waals surface area (Å²) in [6.07, 6.45) is 0. The summed E-state index contributed by atoms with van der Waals surface area (Å²) in [7, 11) is 0. The van der Waals surface area contributed by atoms with Crippen molar-refractivity contribution in [3.8, 4) is 5.75 Å². The molecule has 0 atom stereocenters. The highest BCUT2D eigenvalue weighted by Crippen LogP contribution is 2.27. The molecule has 2 rings (SSSR count). The molecular weight excluding hydrogens is 161 g/mol. The van der Waals surface area contributed by atoms with E-state index >= 15 is 0 Å². The maximum absolute atomic E-state index is 12.2. The van der Waals surface area contributed by atoms with Crippen molar-refractivity contribution in [3.05, 3.63) is 23.9 Å². The van der Waals surface area contributed by atoms with Crippen LogP contribution in [0, 0.1) is 0 Å². The number of halogens is 1. The van der Waals surface area contributed by atoms with Crippen molar-refractivity contribution in [2.75, 3.05) is 0 Å². The Hall–Kier alpha value is -1.58. The minimum absolute atomic E-state index is 0.00130. The summed E-state index contributed by atoms with van der Waals surface area (Å²) in [5, 5.41) is 13.1. The number of aromatic nitrogens is 1. The van der Waals surface area contributed by atoms with Gasteiger partial charge in [0.1, 0.15) is 18.1 Å². The van der Waals surface area contributed by atoms with Crippen LogP contribution in [-0.4, -0.2) is 10.3 Å². The molecule has 62 valence electrons. The molecule has 3 nitrogen and oxygen atoms in total. The van der Waals surface area contributed by atoms with Gasteiger partial charge in [0.15, 0.2) is 5.58 Å². The van der Waals surface area contributed by atoms with Crippen LogP contribution in [0.5, 0.6) is 5.75 Å². The van der Waals surface area contributed by atoms with E-state index in [9.17, 15) is 9.50 Å². The lowest BCUT2D eigenvalue weighted by atomic mass is 10.2. The molecule has 1 heterocycles. The van der Waals surface area contributed by atoms with Crippen molar-refractivity contribution in [1.29, 1.82) is 0 Å². The van der Waals surface area contributed by atoms with Crippen molar-refractivity contribution >= 4 is 11.0 Å². The minimum Gasteiger partial charge on any atom is -0.507 e. The van der Waals surface area contributed by atoms with Gasteiger partial charge in [-0.15, -0.1) is 0 Å². The topological polar surface area (TPSA) is 46.3 Å². The average Bonchev–Trinajstić information content (AvgIpc) is 2.49. The first-order chi connectivity index (χ1) is 5.83. The van der Waals surface area contributed by atoms with Gasteiger partial charge in [-0.3, -0.25) is 0 Å². The van der Waals surface area contributed by atoms with E-state index < -0.39 is 6.67 Å². The molecule has 0 saturated heterocycles. The van der Waals surface area contributed by atoms with E-state index in [2.05, 4.69) is 5.16 Å². The maximum Gasteiger partial charge on any atom is 0.170 e. The van der Waals surface area contributed by atoms with Crippen molar-refractivity contribution in [3.63, 3.8) is 0 Å². The standard InChI is InChI=1S/C8H6FNO2/c9-4-5-8-6(11)2-1-3-7(8)12-10-5/h1-3,11H,4H2. The van der Waals surface area contributed by atoms with Gasteiger partial charge in [0.2, 0.25) is 0 Å². The summed E-state index contributed by atoms with van der Waals surface area (Å²) in [6, 6.07) is 4.71. The second kappa shape index (κ2) is 2.48. The smallest absolute Gasteiger partial charge is 0.170 e. The third kappa shape index (κ3) is 0.845. The van der Waals surface area contributed by atoms with Crippen LogP contribution in [-0.2, 0) is 6.67 Å². The van der Waals surface area contributed by atoms with E-state index in [4.69, 9.17) is 4.52 Å².